The van der Waals surface area contributed by atoms with Gasteiger partial charge in [-0.1, -0.05) is 30.3 Å². The van der Waals surface area contributed by atoms with E-state index in [-0.39, 0.29) is 11.9 Å². The monoisotopic (exact) mass is 205 g/mol. The molecule has 1 aromatic rings. The van der Waals surface area contributed by atoms with Gasteiger partial charge in [0.15, 0.2) is 0 Å². The van der Waals surface area contributed by atoms with E-state index < -0.39 is 12.1 Å². The van der Waals surface area contributed by atoms with Crippen molar-refractivity contribution in [1.29, 1.82) is 0 Å². The topological polar surface area (TPSA) is 55.4 Å². The molecule has 0 aliphatic carbocycles. The Hall–Kier alpha value is -1.84. The average Bonchev–Trinajstić information content (AvgIpc) is 2.24. The summed E-state index contributed by atoms with van der Waals surface area (Å²) in [4.78, 5) is 21.9. The SMILES string of the molecule is CC(=O)O[C@H]1C(=O)N[C@@H]1c1ccccc1. The molecule has 2 rings (SSSR count). The number of amides is 1. The van der Waals surface area contributed by atoms with Gasteiger partial charge in [0.1, 0.15) is 6.04 Å². The highest BCUT2D eigenvalue weighted by molar-refractivity contribution is 5.90. The predicted molar refractivity (Wildman–Crippen MR) is 52.9 cm³/mol. The van der Waals surface area contributed by atoms with Gasteiger partial charge >= 0.3 is 5.97 Å². The van der Waals surface area contributed by atoms with Crippen LogP contribution in [0.3, 0.4) is 0 Å². The third kappa shape index (κ3) is 1.83. The largest absolute Gasteiger partial charge is 0.450 e. The van der Waals surface area contributed by atoms with Crippen LogP contribution < -0.4 is 5.32 Å². The Morgan fingerprint density at radius 1 is 1.33 bits per heavy atom. The molecule has 0 radical (unpaired) electrons. The summed E-state index contributed by atoms with van der Waals surface area (Å²) in [5.41, 5.74) is 0.948. The minimum atomic E-state index is -0.676. The van der Waals surface area contributed by atoms with E-state index >= 15 is 0 Å². The highest BCUT2D eigenvalue weighted by Crippen LogP contribution is 2.26. The van der Waals surface area contributed by atoms with Gasteiger partial charge in [-0.3, -0.25) is 9.59 Å². The maximum atomic E-state index is 11.2. The van der Waals surface area contributed by atoms with Gasteiger partial charge < -0.3 is 10.1 Å². The number of esters is 1. The van der Waals surface area contributed by atoms with Gasteiger partial charge in [-0.15, -0.1) is 0 Å². The first-order chi connectivity index (χ1) is 7.18. The van der Waals surface area contributed by atoms with Crippen LogP contribution in [0.15, 0.2) is 30.3 Å². The quantitative estimate of drug-likeness (QED) is 0.573. The van der Waals surface area contributed by atoms with Crippen LogP contribution in [-0.4, -0.2) is 18.0 Å². The van der Waals surface area contributed by atoms with E-state index in [2.05, 4.69) is 5.32 Å². The minimum Gasteiger partial charge on any atom is -0.450 e. The number of nitrogens with one attached hydrogen (secondary N) is 1. The molecule has 15 heavy (non-hydrogen) atoms. The number of β-lactam (4-membered cyclic amide) rings is 1. The molecule has 1 fully saturated rings. The Kier molecular flexibility index (Phi) is 2.41. The summed E-state index contributed by atoms with van der Waals surface area (Å²) >= 11 is 0. The Labute approximate surface area is 87.2 Å². The van der Waals surface area contributed by atoms with Crippen LogP contribution in [0, 0.1) is 0 Å². The van der Waals surface area contributed by atoms with Crippen molar-refractivity contribution >= 4 is 11.9 Å². The second-order valence-corrected chi connectivity index (χ2v) is 3.43. The van der Waals surface area contributed by atoms with Crippen molar-refractivity contribution in [2.75, 3.05) is 0 Å². The molecule has 0 saturated carbocycles. The zero-order valence-electron chi connectivity index (χ0n) is 8.27. The first kappa shape index (κ1) is 9.71. The Balaban J connectivity index is 2.12. The van der Waals surface area contributed by atoms with Gasteiger partial charge in [0, 0.05) is 6.92 Å². The van der Waals surface area contributed by atoms with E-state index in [0.717, 1.165) is 5.56 Å². The maximum absolute atomic E-state index is 11.2. The first-order valence-corrected chi connectivity index (χ1v) is 4.71. The highest BCUT2D eigenvalue weighted by atomic mass is 16.6. The normalized spacial score (nSPS) is 23.9. The average molecular weight is 205 g/mol. The third-order valence-corrected chi connectivity index (χ3v) is 2.31. The lowest BCUT2D eigenvalue weighted by atomic mass is 9.94. The van der Waals surface area contributed by atoms with Crippen molar-refractivity contribution in [3.63, 3.8) is 0 Å². The second kappa shape index (κ2) is 3.73. The summed E-state index contributed by atoms with van der Waals surface area (Å²) in [6.07, 6.45) is -0.676. The maximum Gasteiger partial charge on any atom is 0.303 e. The summed E-state index contributed by atoms with van der Waals surface area (Å²) in [5.74, 6) is -0.671. The standard InChI is InChI=1S/C11H11NO3/c1-7(13)15-10-9(12-11(10)14)8-5-3-2-4-6-8/h2-6,9-10H,1H3,(H,12,14)/t9-,10-/m1/s1. The molecule has 0 bridgehead atoms. The van der Waals surface area contributed by atoms with Crippen LogP contribution in [0.4, 0.5) is 0 Å². The van der Waals surface area contributed by atoms with E-state index in [9.17, 15) is 9.59 Å². The number of benzene rings is 1. The molecule has 4 nitrogen and oxygen atoms in total. The number of carbonyl (C=O) groups excluding carboxylic acids is 2. The van der Waals surface area contributed by atoms with Crippen LogP contribution in [0.25, 0.3) is 0 Å². The summed E-state index contributed by atoms with van der Waals surface area (Å²) in [5, 5.41) is 2.70. The van der Waals surface area contributed by atoms with Crippen molar-refractivity contribution in [1.82, 2.24) is 5.32 Å². The Bertz CT molecular complexity index is 388. The molecule has 4 heteroatoms. The summed E-state index contributed by atoms with van der Waals surface area (Å²) in [6, 6.07) is 9.23. The lowest BCUT2D eigenvalue weighted by molar-refractivity contribution is -0.164. The van der Waals surface area contributed by atoms with Crippen LogP contribution in [0.5, 0.6) is 0 Å². The third-order valence-electron chi connectivity index (χ3n) is 2.31. The number of rotatable bonds is 2. The van der Waals surface area contributed by atoms with Gasteiger partial charge in [0.25, 0.3) is 5.91 Å². The molecule has 78 valence electrons. The molecule has 0 unspecified atom stereocenters. The van der Waals surface area contributed by atoms with E-state index in [0.29, 0.717) is 0 Å². The van der Waals surface area contributed by atoms with E-state index in [4.69, 9.17) is 4.74 Å². The van der Waals surface area contributed by atoms with Crippen molar-refractivity contribution in [2.24, 2.45) is 0 Å². The fourth-order valence-electron chi connectivity index (χ4n) is 1.59. The summed E-state index contributed by atoms with van der Waals surface area (Å²) < 4.78 is 4.91. The number of ether oxygens (including phenoxy) is 1. The molecular weight excluding hydrogens is 194 g/mol. The molecule has 1 aliphatic heterocycles. The zero-order valence-corrected chi connectivity index (χ0v) is 8.27. The van der Waals surface area contributed by atoms with E-state index in [1.165, 1.54) is 6.92 Å². The molecule has 1 N–H and O–H groups in total. The van der Waals surface area contributed by atoms with Gasteiger partial charge in [0.05, 0.1) is 0 Å². The molecule has 0 aromatic heterocycles. The van der Waals surface area contributed by atoms with E-state index in [1.54, 1.807) is 0 Å². The van der Waals surface area contributed by atoms with E-state index in [1.807, 2.05) is 30.3 Å². The lowest BCUT2D eigenvalue weighted by Gasteiger charge is -2.35. The van der Waals surface area contributed by atoms with Crippen LogP contribution in [0.1, 0.15) is 18.5 Å². The molecule has 1 aliphatic rings. The van der Waals surface area contributed by atoms with Crippen LogP contribution >= 0.6 is 0 Å². The minimum absolute atomic E-state index is 0.206. The number of hydrogen-bond acceptors (Lipinski definition) is 3. The molecule has 2 atom stereocenters. The van der Waals surface area contributed by atoms with Crippen LogP contribution in [-0.2, 0) is 14.3 Å². The summed E-state index contributed by atoms with van der Waals surface area (Å²) in [6.45, 7) is 1.30. The lowest BCUT2D eigenvalue weighted by Crippen LogP contribution is -2.57. The van der Waals surface area contributed by atoms with Crippen molar-refractivity contribution < 1.29 is 14.3 Å². The van der Waals surface area contributed by atoms with Crippen LogP contribution in [0.2, 0.25) is 0 Å². The molecule has 1 amide bonds. The van der Waals surface area contributed by atoms with Crippen molar-refractivity contribution in [3.05, 3.63) is 35.9 Å². The Morgan fingerprint density at radius 3 is 2.53 bits per heavy atom. The molecule has 1 aromatic carbocycles. The summed E-state index contributed by atoms with van der Waals surface area (Å²) in [7, 11) is 0. The van der Waals surface area contributed by atoms with Gasteiger partial charge in [0.2, 0.25) is 6.10 Å². The highest BCUT2D eigenvalue weighted by Gasteiger charge is 2.42. The molecule has 1 saturated heterocycles. The zero-order chi connectivity index (χ0) is 10.8. The Morgan fingerprint density at radius 2 is 2.00 bits per heavy atom. The first-order valence-electron chi connectivity index (χ1n) is 4.71. The smallest absolute Gasteiger partial charge is 0.303 e. The van der Waals surface area contributed by atoms with Gasteiger partial charge in [-0.2, -0.15) is 0 Å². The van der Waals surface area contributed by atoms with Crippen molar-refractivity contribution in [3.8, 4) is 0 Å². The molecular formula is C11H11NO3. The van der Waals surface area contributed by atoms with Crippen molar-refractivity contribution in [2.45, 2.75) is 19.1 Å². The fourth-order valence-corrected chi connectivity index (χ4v) is 1.59. The van der Waals surface area contributed by atoms with Gasteiger partial charge in [-0.05, 0) is 5.56 Å². The second-order valence-electron chi connectivity index (χ2n) is 3.43. The molecule has 1 heterocycles. The number of carbonyl (C=O) groups is 2. The van der Waals surface area contributed by atoms with Gasteiger partial charge in [-0.25, -0.2) is 0 Å². The molecule has 0 spiro atoms. The number of hydrogen-bond donors (Lipinski definition) is 1. The predicted octanol–water partition coefficient (Wildman–Crippen LogP) is 0.789. The fraction of sp³-hybridized carbons (Fsp3) is 0.273.